The van der Waals surface area contributed by atoms with E-state index in [2.05, 4.69) is 43.4 Å². The monoisotopic (exact) mass is 315 g/mol. The van der Waals surface area contributed by atoms with Crippen molar-refractivity contribution in [2.45, 2.75) is 51.2 Å². The third-order valence-corrected chi connectivity index (χ3v) is 6.09. The molecule has 4 nitrogen and oxygen atoms in total. The summed E-state index contributed by atoms with van der Waals surface area (Å²) in [7, 11) is 0. The summed E-state index contributed by atoms with van der Waals surface area (Å²) in [6.45, 7) is 7.60. The molecule has 0 amide bonds. The molecule has 4 heteroatoms. The van der Waals surface area contributed by atoms with E-state index >= 15 is 0 Å². The third-order valence-electron chi connectivity index (χ3n) is 6.09. The topological polar surface area (TPSA) is 47.6 Å². The Kier molecular flexibility index (Phi) is 3.24. The van der Waals surface area contributed by atoms with Crippen LogP contribution in [-0.2, 0) is 19.7 Å². The zero-order valence-corrected chi connectivity index (χ0v) is 14.1. The van der Waals surface area contributed by atoms with Gasteiger partial charge in [0.1, 0.15) is 0 Å². The normalized spacial score (nSPS) is 36.0. The van der Waals surface area contributed by atoms with Crippen molar-refractivity contribution < 1.29 is 14.3 Å². The molecule has 3 aliphatic rings. The van der Waals surface area contributed by atoms with E-state index in [0.717, 1.165) is 6.42 Å². The Bertz CT molecular complexity index is 641. The summed E-state index contributed by atoms with van der Waals surface area (Å²) < 4.78 is 11.4. The second kappa shape index (κ2) is 4.97. The lowest BCUT2D eigenvalue weighted by molar-refractivity contribution is -0.146. The molecule has 0 bridgehead atoms. The van der Waals surface area contributed by atoms with Crippen LogP contribution < -0.4 is 5.32 Å². The number of rotatable bonds is 3. The Balaban J connectivity index is 1.72. The van der Waals surface area contributed by atoms with E-state index in [0.29, 0.717) is 31.6 Å². The van der Waals surface area contributed by atoms with Gasteiger partial charge in [-0.15, -0.1) is 0 Å². The average Bonchev–Trinajstić information content (AvgIpc) is 3.07. The molecule has 1 spiro atoms. The van der Waals surface area contributed by atoms with Crippen molar-refractivity contribution in [1.29, 1.82) is 0 Å². The van der Waals surface area contributed by atoms with Crippen molar-refractivity contribution >= 4 is 11.7 Å². The van der Waals surface area contributed by atoms with Gasteiger partial charge >= 0.3 is 5.97 Å². The van der Waals surface area contributed by atoms with Gasteiger partial charge in [0.2, 0.25) is 0 Å². The summed E-state index contributed by atoms with van der Waals surface area (Å²) in [5, 5.41) is 3.72. The smallest absolute Gasteiger partial charge is 0.308 e. The predicted molar refractivity (Wildman–Crippen MR) is 88.4 cm³/mol. The lowest BCUT2D eigenvalue weighted by Gasteiger charge is -2.35. The first-order valence-electron chi connectivity index (χ1n) is 8.62. The van der Waals surface area contributed by atoms with E-state index in [1.165, 1.54) is 11.3 Å². The van der Waals surface area contributed by atoms with Crippen LogP contribution in [0.5, 0.6) is 0 Å². The van der Waals surface area contributed by atoms with Crippen LogP contribution in [0.3, 0.4) is 0 Å². The van der Waals surface area contributed by atoms with Gasteiger partial charge in [0.25, 0.3) is 0 Å². The molecule has 1 aromatic rings. The SMILES string of the molecule is CCOC(=O)C[C@@H]1OC[C@]23c4ccccc4N[C@H]2CC(C)(C)[C@H]13. The zero-order valence-electron chi connectivity index (χ0n) is 14.1. The Hall–Kier alpha value is -1.55. The number of hydrogen-bond acceptors (Lipinski definition) is 4. The van der Waals surface area contributed by atoms with E-state index < -0.39 is 0 Å². The molecule has 23 heavy (non-hydrogen) atoms. The number of hydrogen-bond donors (Lipinski definition) is 1. The van der Waals surface area contributed by atoms with Crippen molar-refractivity contribution in [2.24, 2.45) is 11.3 Å². The van der Waals surface area contributed by atoms with Gasteiger partial charge in [-0.05, 0) is 30.4 Å². The molecule has 1 saturated carbocycles. The lowest BCUT2D eigenvalue weighted by atomic mass is 9.66. The van der Waals surface area contributed by atoms with E-state index in [1.807, 2.05) is 6.92 Å². The standard InChI is InChI=1S/C19H25NO3/c1-4-22-16(21)9-14-17-18(2,3)10-15-19(17,11-23-14)12-7-5-6-8-13(12)20-15/h5-8,14-15,17,20H,4,9-11H2,1-3H3/t14-,15-,17-,19-/m0/s1. The third kappa shape index (κ3) is 1.97. The Labute approximate surface area is 137 Å². The van der Waals surface area contributed by atoms with E-state index in [-0.39, 0.29) is 22.9 Å². The molecular weight excluding hydrogens is 290 g/mol. The molecule has 2 heterocycles. The number of benzene rings is 1. The van der Waals surface area contributed by atoms with Crippen LogP contribution in [0.15, 0.2) is 24.3 Å². The lowest BCUT2D eigenvalue weighted by Crippen LogP contribution is -2.42. The second-order valence-electron chi connectivity index (χ2n) is 7.81. The fourth-order valence-electron chi connectivity index (χ4n) is 5.49. The van der Waals surface area contributed by atoms with Gasteiger partial charge in [0, 0.05) is 23.1 Å². The highest BCUT2D eigenvalue weighted by molar-refractivity contribution is 5.71. The number of para-hydroxylation sites is 1. The van der Waals surface area contributed by atoms with E-state index in [1.54, 1.807) is 0 Å². The van der Waals surface area contributed by atoms with Crippen molar-refractivity contribution in [1.82, 2.24) is 0 Å². The predicted octanol–water partition coefficient (Wildman–Crippen LogP) is 3.12. The number of carbonyl (C=O) groups is 1. The highest BCUT2D eigenvalue weighted by atomic mass is 16.5. The van der Waals surface area contributed by atoms with Crippen molar-refractivity contribution in [3.8, 4) is 0 Å². The van der Waals surface area contributed by atoms with Crippen molar-refractivity contribution in [2.75, 3.05) is 18.5 Å². The first kappa shape index (κ1) is 15.0. The van der Waals surface area contributed by atoms with Gasteiger partial charge in [-0.3, -0.25) is 4.79 Å². The van der Waals surface area contributed by atoms with Gasteiger partial charge in [-0.25, -0.2) is 0 Å². The highest BCUT2D eigenvalue weighted by Crippen LogP contribution is 2.65. The number of nitrogens with one attached hydrogen (secondary N) is 1. The molecule has 1 saturated heterocycles. The van der Waals surface area contributed by atoms with Gasteiger partial charge in [-0.2, -0.15) is 0 Å². The number of anilines is 1. The van der Waals surface area contributed by atoms with Crippen LogP contribution in [0.4, 0.5) is 5.69 Å². The van der Waals surface area contributed by atoms with Crippen molar-refractivity contribution in [3.63, 3.8) is 0 Å². The Morgan fingerprint density at radius 2 is 2.17 bits per heavy atom. The van der Waals surface area contributed by atoms with E-state index in [9.17, 15) is 4.79 Å². The van der Waals surface area contributed by atoms with Gasteiger partial charge in [0.05, 0.1) is 25.7 Å². The summed E-state index contributed by atoms with van der Waals surface area (Å²) in [4.78, 5) is 12.0. The molecule has 124 valence electrons. The Morgan fingerprint density at radius 3 is 2.96 bits per heavy atom. The number of esters is 1. The quantitative estimate of drug-likeness (QED) is 0.871. The fourth-order valence-corrected chi connectivity index (χ4v) is 5.49. The summed E-state index contributed by atoms with van der Waals surface area (Å²) in [6, 6.07) is 8.97. The molecule has 2 fully saturated rings. The molecule has 1 aromatic carbocycles. The maximum absolute atomic E-state index is 12.0. The number of ether oxygens (including phenoxy) is 2. The minimum Gasteiger partial charge on any atom is -0.466 e. The van der Waals surface area contributed by atoms with E-state index in [4.69, 9.17) is 9.47 Å². The van der Waals surface area contributed by atoms with Gasteiger partial charge in [-0.1, -0.05) is 32.0 Å². The van der Waals surface area contributed by atoms with Crippen LogP contribution in [0.2, 0.25) is 0 Å². The minimum atomic E-state index is -0.145. The average molecular weight is 315 g/mol. The van der Waals surface area contributed by atoms with Crippen LogP contribution in [0.1, 0.15) is 39.2 Å². The second-order valence-corrected chi connectivity index (χ2v) is 7.81. The van der Waals surface area contributed by atoms with Crippen molar-refractivity contribution in [3.05, 3.63) is 29.8 Å². The van der Waals surface area contributed by atoms with Gasteiger partial charge < -0.3 is 14.8 Å². The molecule has 0 unspecified atom stereocenters. The molecule has 1 aliphatic carbocycles. The summed E-state index contributed by atoms with van der Waals surface area (Å²) >= 11 is 0. The molecule has 2 aliphatic heterocycles. The van der Waals surface area contributed by atoms with Crippen LogP contribution in [0.25, 0.3) is 0 Å². The Morgan fingerprint density at radius 1 is 1.39 bits per heavy atom. The summed E-state index contributed by atoms with van der Waals surface area (Å²) in [6.07, 6.45) is 1.41. The number of carbonyl (C=O) groups excluding carboxylic acids is 1. The molecule has 4 rings (SSSR count). The molecule has 1 N–H and O–H groups in total. The fraction of sp³-hybridized carbons (Fsp3) is 0.632. The molecular formula is C19H25NO3. The maximum atomic E-state index is 12.0. The summed E-state index contributed by atoms with van der Waals surface area (Å²) in [5.41, 5.74) is 2.74. The largest absolute Gasteiger partial charge is 0.466 e. The molecule has 0 radical (unpaired) electrons. The van der Waals surface area contributed by atoms with Crippen LogP contribution >= 0.6 is 0 Å². The first-order chi connectivity index (χ1) is 11.0. The molecule has 0 aromatic heterocycles. The first-order valence-corrected chi connectivity index (χ1v) is 8.62. The van der Waals surface area contributed by atoms with Crippen LogP contribution in [0, 0.1) is 11.3 Å². The molecule has 4 atom stereocenters. The minimum absolute atomic E-state index is 0.00272. The summed E-state index contributed by atoms with van der Waals surface area (Å²) in [5.74, 6) is 0.189. The zero-order chi connectivity index (χ0) is 16.2. The highest BCUT2D eigenvalue weighted by Gasteiger charge is 2.68. The van der Waals surface area contributed by atoms with Gasteiger partial charge in [0.15, 0.2) is 0 Å². The van der Waals surface area contributed by atoms with Crippen LogP contribution in [-0.4, -0.2) is 31.3 Å². The maximum Gasteiger partial charge on any atom is 0.308 e. The number of fused-ring (bicyclic) bond motifs is 1.